The summed E-state index contributed by atoms with van der Waals surface area (Å²) in [5.74, 6) is 0. The summed E-state index contributed by atoms with van der Waals surface area (Å²) in [6, 6.07) is 4.97. The Morgan fingerprint density at radius 1 is 1.30 bits per heavy atom. The molecule has 0 unspecified atom stereocenters. The fourth-order valence-corrected chi connectivity index (χ4v) is 2.31. The van der Waals surface area contributed by atoms with Crippen molar-refractivity contribution in [3.8, 4) is 11.4 Å². The molecule has 0 aliphatic rings. The largest absolute Gasteiger partial charge is 0.492 e. The summed E-state index contributed by atoms with van der Waals surface area (Å²) in [5.41, 5.74) is 0.420. The van der Waals surface area contributed by atoms with Gasteiger partial charge in [-0.05, 0) is 12.1 Å². The van der Waals surface area contributed by atoms with E-state index in [9.17, 15) is 18.5 Å². The van der Waals surface area contributed by atoms with Gasteiger partial charge in [-0.2, -0.15) is 21.9 Å². The van der Waals surface area contributed by atoms with E-state index in [1.54, 1.807) is 18.2 Å². The zero-order chi connectivity index (χ0) is 14.9. The van der Waals surface area contributed by atoms with Crippen molar-refractivity contribution in [1.82, 2.24) is 18.5 Å². The second-order valence-corrected chi connectivity index (χ2v) is 6.18. The molecule has 0 fully saturated rings. The summed E-state index contributed by atoms with van der Waals surface area (Å²) < 4.78 is 25.6. The molecule has 2 rings (SSSR count). The van der Waals surface area contributed by atoms with Crippen molar-refractivity contribution in [1.29, 1.82) is 0 Å². The predicted molar refractivity (Wildman–Crippen MR) is 73.3 cm³/mol. The molecule has 0 amide bonds. The lowest BCUT2D eigenvalue weighted by Crippen LogP contribution is -2.32. The molecule has 0 aromatic carbocycles. The van der Waals surface area contributed by atoms with E-state index in [1.807, 2.05) is 0 Å². The van der Waals surface area contributed by atoms with E-state index in [-0.39, 0.29) is 11.2 Å². The molecule has 0 spiro atoms. The first kappa shape index (κ1) is 14.7. The standard InChI is InChI=1S/C10H13BN4O4S/c1-14(2)20(18,19)15-7-8(11(16)17)10(13-15)9-5-3-4-6-12-9/h3-7,16-17H,1-2H3. The maximum absolute atomic E-state index is 12.0. The van der Waals surface area contributed by atoms with Gasteiger partial charge in [0.15, 0.2) is 0 Å². The monoisotopic (exact) mass is 296 g/mol. The first-order valence-electron chi connectivity index (χ1n) is 5.64. The number of rotatable bonds is 4. The van der Waals surface area contributed by atoms with Crippen molar-refractivity contribution in [2.24, 2.45) is 0 Å². The average Bonchev–Trinajstić information content (AvgIpc) is 2.85. The van der Waals surface area contributed by atoms with E-state index < -0.39 is 17.3 Å². The van der Waals surface area contributed by atoms with Crippen molar-refractivity contribution in [2.75, 3.05) is 14.1 Å². The van der Waals surface area contributed by atoms with Crippen LogP contribution in [0.5, 0.6) is 0 Å². The topological polar surface area (TPSA) is 109 Å². The first-order valence-corrected chi connectivity index (χ1v) is 7.04. The molecule has 0 aliphatic heterocycles. The fraction of sp³-hybridized carbons (Fsp3) is 0.200. The molecule has 2 heterocycles. The van der Waals surface area contributed by atoms with Crippen LogP contribution in [0.2, 0.25) is 0 Å². The molecule has 0 bridgehead atoms. The van der Waals surface area contributed by atoms with Crippen LogP contribution >= 0.6 is 0 Å². The smallest absolute Gasteiger partial charge is 0.423 e. The Hall–Kier alpha value is -1.75. The number of pyridine rings is 1. The van der Waals surface area contributed by atoms with Gasteiger partial charge in [0, 0.05) is 32.0 Å². The maximum atomic E-state index is 12.0. The van der Waals surface area contributed by atoms with Gasteiger partial charge >= 0.3 is 17.3 Å². The van der Waals surface area contributed by atoms with Crippen molar-refractivity contribution < 1.29 is 18.5 Å². The summed E-state index contributed by atoms with van der Waals surface area (Å²) in [5, 5.41) is 22.6. The Kier molecular flexibility index (Phi) is 3.90. The van der Waals surface area contributed by atoms with Gasteiger partial charge in [0.2, 0.25) is 0 Å². The minimum atomic E-state index is -3.83. The molecule has 2 N–H and O–H groups in total. The van der Waals surface area contributed by atoms with Crippen LogP contribution in [0.4, 0.5) is 0 Å². The van der Waals surface area contributed by atoms with Crippen molar-refractivity contribution in [2.45, 2.75) is 0 Å². The SMILES string of the molecule is CN(C)S(=O)(=O)n1cc(B(O)O)c(-c2ccccn2)n1. The first-order chi connectivity index (χ1) is 9.34. The van der Waals surface area contributed by atoms with E-state index in [0.29, 0.717) is 9.78 Å². The number of nitrogens with zero attached hydrogens (tertiary/aromatic N) is 4. The zero-order valence-corrected chi connectivity index (χ0v) is 11.7. The summed E-state index contributed by atoms with van der Waals surface area (Å²) in [6.07, 6.45) is 2.56. The third-order valence-corrected chi connectivity index (χ3v) is 4.19. The lowest BCUT2D eigenvalue weighted by Gasteiger charge is -2.10. The zero-order valence-electron chi connectivity index (χ0n) is 10.9. The Morgan fingerprint density at radius 3 is 2.50 bits per heavy atom. The summed E-state index contributed by atoms with van der Waals surface area (Å²) in [7, 11) is -2.97. The van der Waals surface area contributed by atoms with Crippen molar-refractivity contribution in [3.63, 3.8) is 0 Å². The van der Waals surface area contributed by atoms with E-state index in [4.69, 9.17) is 0 Å². The highest BCUT2D eigenvalue weighted by Gasteiger charge is 2.27. The van der Waals surface area contributed by atoms with Crippen molar-refractivity contribution >= 4 is 22.8 Å². The van der Waals surface area contributed by atoms with Crippen LogP contribution in [0.3, 0.4) is 0 Å². The van der Waals surface area contributed by atoms with Crippen LogP contribution in [0.25, 0.3) is 11.4 Å². The normalized spacial score (nSPS) is 11.8. The number of aromatic nitrogens is 3. The quantitative estimate of drug-likeness (QED) is 0.650. The maximum Gasteiger partial charge on any atom is 0.492 e. The molecule has 20 heavy (non-hydrogen) atoms. The van der Waals surface area contributed by atoms with E-state index in [2.05, 4.69) is 10.1 Å². The van der Waals surface area contributed by atoms with Crippen LogP contribution in [0.1, 0.15) is 0 Å². The molecule has 8 nitrogen and oxygen atoms in total. The Labute approximate surface area is 116 Å². The van der Waals surface area contributed by atoms with E-state index >= 15 is 0 Å². The molecule has 0 aliphatic carbocycles. The molecular formula is C10H13BN4O4S. The highest BCUT2D eigenvalue weighted by atomic mass is 32.2. The van der Waals surface area contributed by atoms with Crippen LogP contribution in [-0.4, -0.2) is 58.2 Å². The van der Waals surface area contributed by atoms with Crippen LogP contribution in [0.15, 0.2) is 30.6 Å². The molecule has 2 aromatic rings. The van der Waals surface area contributed by atoms with Crippen molar-refractivity contribution in [3.05, 3.63) is 30.6 Å². The molecule has 10 heteroatoms. The third kappa shape index (κ3) is 2.58. The highest BCUT2D eigenvalue weighted by molar-refractivity contribution is 7.87. The number of hydrogen-bond acceptors (Lipinski definition) is 6. The molecule has 0 saturated heterocycles. The lowest BCUT2D eigenvalue weighted by molar-refractivity contribution is 0.426. The fourth-order valence-electron chi connectivity index (χ4n) is 1.54. The molecule has 0 saturated carbocycles. The summed E-state index contributed by atoms with van der Waals surface area (Å²) >= 11 is 0. The van der Waals surface area contributed by atoms with Gasteiger partial charge in [-0.1, -0.05) is 6.07 Å². The average molecular weight is 296 g/mol. The minimum Gasteiger partial charge on any atom is -0.423 e. The number of hydrogen-bond donors (Lipinski definition) is 2. The second-order valence-electron chi connectivity index (χ2n) is 4.18. The van der Waals surface area contributed by atoms with Gasteiger partial charge < -0.3 is 10.0 Å². The third-order valence-electron chi connectivity index (χ3n) is 2.61. The highest BCUT2D eigenvalue weighted by Crippen LogP contribution is 2.13. The van der Waals surface area contributed by atoms with E-state index in [1.165, 1.54) is 20.3 Å². The Bertz CT molecular complexity index is 699. The Morgan fingerprint density at radius 2 is 2.00 bits per heavy atom. The molecule has 106 valence electrons. The molecule has 0 radical (unpaired) electrons. The Balaban J connectivity index is 2.62. The van der Waals surface area contributed by atoms with Gasteiger partial charge in [0.05, 0.1) is 5.69 Å². The van der Waals surface area contributed by atoms with Gasteiger partial charge in [-0.25, -0.2) is 0 Å². The van der Waals surface area contributed by atoms with Gasteiger partial charge in [-0.3, -0.25) is 4.98 Å². The van der Waals surface area contributed by atoms with E-state index in [0.717, 1.165) is 10.5 Å². The lowest BCUT2D eigenvalue weighted by atomic mass is 9.80. The second kappa shape index (κ2) is 5.33. The van der Waals surface area contributed by atoms with Crippen LogP contribution in [0, 0.1) is 0 Å². The predicted octanol–water partition coefficient (Wildman–Crippen LogP) is -1.72. The summed E-state index contributed by atoms with van der Waals surface area (Å²) in [6.45, 7) is 0. The summed E-state index contributed by atoms with van der Waals surface area (Å²) in [4.78, 5) is 4.03. The molecule has 0 atom stereocenters. The van der Waals surface area contributed by atoms with Gasteiger partial charge in [0.25, 0.3) is 0 Å². The van der Waals surface area contributed by atoms with Crippen LogP contribution in [-0.2, 0) is 10.2 Å². The molecule has 2 aromatic heterocycles. The minimum absolute atomic E-state index is 0.0332. The van der Waals surface area contributed by atoms with Gasteiger partial charge in [0.1, 0.15) is 5.69 Å². The van der Waals surface area contributed by atoms with Crippen LogP contribution < -0.4 is 5.46 Å². The molecular weight excluding hydrogens is 283 g/mol. The van der Waals surface area contributed by atoms with Gasteiger partial charge in [-0.15, -0.1) is 0 Å².